The van der Waals surface area contributed by atoms with Crippen LogP contribution in [0.25, 0.3) is 0 Å². The highest BCUT2D eigenvalue weighted by atomic mass is 32.1. The molecule has 0 saturated heterocycles. The minimum Gasteiger partial charge on any atom is -0.495 e. The van der Waals surface area contributed by atoms with E-state index < -0.39 is 0 Å². The molecule has 1 saturated carbocycles. The summed E-state index contributed by atoms with van der Waals surface area (Å²) < 4.78 is 5.26. The van der Waals surface area contributed by atoms with Crippen LogP contribution in [-0.2, 0) is 6.54 Å². The third-order valence-electron chi connectivity index (χ3n) is 3.39. The van der Waals surface area contributed by atoms with Crippen LogP contribution in [0.1, 0.15) is 17.8 Å². The normalized spacial score (nSPS) is 13.8. The molecule has 1 aliphatic rings. The van der Waals surface area contributed by atoms with Crippen LogP contribution in [0.4, 0.5) is 10.5 Å². The lowest BCUT2D eigenvalue weighted by molar-refractivity contribution is 0.206. The van der Waals surface area contributed by atoms with Crippen LogP contribution >= 0.6 is 11.3 Å². The molecular formula is C15H17N3O2S. The van der Waals surface area contributed by atoms with Crippen molar-refractivity contribution in [1.82, 2.24) is 9.88 Å². The second kappa shape index (κ2) is 6.13. The Labute approximate surface area is 127 Å². The highest BCUT2D eigenvalue weighted by molar-refractivity contribution is 7.09. The van der Waals surface area contributed by atoms with Crippen LogP contribution in [0.3, 0.4) is 0 Å². The molecule has 1 heterocycles. The number of thiazole rings is 1. The lowest BCUT2D eigenvalue weighted by Gasteiger charge is -2.22. The fraction of sp³-hybridized carbons (Fsp3) is 0.333. The third-order valence-corrected chi connectivity index (χ3v) is 4.15. The van der Waals surface area contributed by atoms with Gasteiger partial charge in [0.15, 0.2) is 0 Å². The summed E-state index contributed by atoms with van der Waals surface area (Å²) >= 11 is 1.57. The van der Waals surface area contributed by atoms with E-state index in [4.69, 9.17) is 4.74 Å². The monoisotopic (exact) mass is 303 g/mol. The Kier molecular flexibility index (Phi) is 4.06. The van der Waals surface area contributed by atoms with Crippen molar-refractivity contribution in [3.05, 3.63) is 40.8 Å². The lowest BCUT2D eigenvalue weighted by atomic mass is 10.3. The Morgan fingerprint density at radius 1 is 1.48 bits per heavy atom. The molecule has 2 amide bonds. The maximum absolute atomic E-state index is 12.5. The van der Waals surface area contributed by atoms with Gasteiger partial charge in [-0.25, -0.2) is 9.78 Å². The summed E-state index contributed by atoms with van der Waals surface area (Å²) in [6, 6.07) is 7.65. The summed E-state index contributed by atoms with van der Waals surface area (Å²) in [4.78, 5) is 18.6. The summed E-state index contributed by atoms with van der Waals surface area (Å²) in [6.07, 6.45) is 3.89. The number of nitrogens with one attached hydrogen (secondary N) is 1. The molecule has 1 aliphatic carbocycles. The number of benzene rings is 1. The average molecular weight is 303 g/mol. The number of methoxy groups -OCH3 is 1. The van der Waals surface area contributed by atoms with Crippen LogP contribution in [0, 0.1) is 0 Å². The number of hydrogen-bond acceptors (Lipinski definition) is 4. The fourth-order valence-electron chi connectivity index (χ4n) is 2.16. The lowest BCUT2D eigenvalue weighted by Crippen LogP contribution is -2.36. The van der Waals surface area contributed by atoms with Crippen molar-refractivity contribution in [2.24, 2.45) is 0 Å². The van der Waals surface area contributed by atoms with E-state index in [1.54, 1.807) is 24.6 Å². The summed E-state index contributed by atoms with van der Waals surface area (Å²) in [5, 5.41) is 5.82. The number of carbonyl (C=O) groups excluding carboxylic acids is 1. The van der Waals surface area contributed by atoms with E-state index in [9.17, 15) is 4.79 Å². The number of para-hydroxylation sites is 2. The van der Waals surface area contributed by atoms with Gasteiger partial charge >= 0.3 is 6.03 Å². The maximum atomic E-state index is 12.5. The number of carbonyl (C=O) groups is 1. The predicted octanol–water partition coefficient (Wildman–Crippen LogP) is 3.35. The van der Waals surface area contributed by atoms with Gasteiger partial charge in [-0.2, -0.15) is 0 Å². The Balaban J connectivity index is 1.72. The van der Waals surface area contributed by atoms with Crippen molar-refractivity contribution in [3.8, 4) is 5.75 Å². The molecule has 3 rings (SSSR count). The Morgan fingerprint density at radius 2 is 2.29 bits per heavy atom. The summed E-state index contributed by atoms with van der Waals surface area (Å²) in [5.41, 5.74) is 0.690. The van der Waals surface area contributed by atoms with Gasteiger partial charge in [0.25, 0.3) is 0 Å². The minimum atomic E-state index is -0.0998. The molecule has 1 aromatic heterocycles. The molecule has 1 fully saturated rings. The van der Waals surface area contributed by atoms with E-state index in [0.29, 0.717) is 24.0 Å². The van der Waals surface area contributed by atoms with Crippen LogP contribution in [0.15, 0.2) is 35.8 Å². The van der Waals surface area contributed by atoms with Crippen molar-refractivity contribution in [2.75, 3.05) is 12.4 Å². The van der Waals surface area contributed by atoms with Crippen LogP contribution < -0.4 is 10.1 Å². The quantitative estimate of drug-likeness (QED) is 0.921. The molecule has 110 valence electrons. The number of rotatable bonds is 5. The molecule has 2 aromatic rings. The molecular weight excluding hydrogens is 286 g/mol. The zero-order chi connectivity index (χ0) is 14.7. The first-order chi connectivity index (χ1) is 10.3. The zero-order valence-corrected chi connectivity index (χ0v) is 12.6. The number of nitrogens with zero attached hydrogens (tertiary/aromatic N) is 2. The SMILES string of the molecule is COc1ccccc1NC(=O)N(Cc1nccs1)C1CC1. The van der Waals surface area contributed by atoms with E-state index in [1.807, 2.05) is 34.5 Å². The molecule has 0 bridgehead atoms. The van der Waals surface area contributed by atoms with Crippen LogP contribution in [-0.4, -0.2) is 29.1 Å². The predicted molar refractivity (Wildman–Crippen MR) is 82.7 cm³/mol. The standard InChI is InChI=1S/C15H17N3O2S/c1-20-13-5-3-2-4-12(13)17-15(19)18(11-6-7-11)10-14-16-8-9-21-14/h2-5,8-9,11H,6-7,10H2,1H3,(H,17,19). The van der Waals surface area contributed by atoms with E-state index in [1.165, 1.54) is 0 Å². The van der Waals surface area contributed by atoms with E-state index in [-0.39, 0.29) is 6.03 Å². The molecule has 6 heteroatoms. The first kappa shape index (κ1) is 13.9. The molecule has 0 radical (unpaired) electrons. The molecule has 1 N–H and O–H groups in total. The number of anilines is 1. The molecule has 1 aromatic carbocycles. The second-order valence-electron chi connectivity index (χ2n) is 4.92. The highest BCUT2D eigenvalue weighted by Crippen LogP contribution is 2.30. The number of amides is 2. The molecule has 0 atom stereocenters. The van der Waals surface area contributed by atoms with Crippen molar-refractivity contribution in [1.29, 1.82) is 0 Å². The molecule has 21 heavy (non-hydrogen) atoms. The van der Waals surface area contributed by atoms with Gasteiger partial charge < -0.3 is 15.0 Å². The Bertz CT molecular complexity index is 611. The van der Waals surface area contributed by atoms with Crippen molar-refractivity contribution in [2.45, 2.75) is 25.4 Å². The van der Waals surface area contributed by atoms with Crippen molar-refractivity contribution in [3.63, 3.8) is 0 Å². The largest absolute Gasteiger partial charge is 0.495 e. The first-order valence-corrected chi connectivity index (χ1v) is 7.75. The summed E-state index contributed by atoms with van der Waals surface area (Å²) in [6.45, 7) is 0.559. The second-order valence-corrected chi connectivity index (χ2v) is 5.89. The topological polar surface area (TPSA) is 54.5 Å². The summed E-state index contributed by atoms with van der Waals surface area (Å²) in [7, 11) is 1.60. The van der Waals surface area contributed by atoms with Gasteiger partial charge in [0.2, 0.25) is 0 Å². The molecule has 0 aliphatic heterocycles. The van der Waals surface area contributed by atoms with Gasteiger partial charge in [-0.1, -0.05) is 12.1 Å². The Hall–Kier alpha value is -2.08. The highest BCUT2D eigenvalue weighted by Gasteiger charge is 2.33. The van der Waals surface area contributed by atoms with Crippen LogP contribution in [0.5, 0.6) is 5.75 Å². The zero-order valence-electron chi connectivity index (χ0n) is 11.8. The van der Waals surface area contributed by atoms with Gasteiger partial charge in [0, 0.05) is 17.6 Å². The molecule has 0 spiro atoms. The van der Waals surface area contributed by atoms with Gasteiger partial charge in [-0.15, -0.1) is 11.3 Å². The van der Waals surface area contributed by atoms with Gasteiger partial charge in [-0.05, 0) is 25.0 Å². The minimum absolute atomic E-state index is 0.0998. The van der Waals surface area contributed by atoms with E-state index in [0.717, 1.165) is 17.8 Å². The van der Waals surface area contributed by atoms with Gasteiger partial charge in [0.05, 0.1) is 19.3 Å². The number of ether oxygens (including phenoxy) is 1. The third kappa shape index (κ3) is 3.33. The van der Waals surface area contributed by atoms with Crippen LogP contribution in [0.2, 0.25) is 0 Å². The van der Waals surface area contributed by atoms with Crippen molar-refractivity contribution >= 4 is 23.1 Å². The maximum Gasteiger partial charge on any atom is 0.322 e. The van der Waals surface area contributed by atoms with E-state index in [2.05, 4.69) is 10.3 Å². The van der Waals surface area contributed by atoms with Gasteiger partial charge in [0.1, 0.15) is 10.8 Å². The van der Waals surface area contributed by atoms with E-state index >= 15 is 0 Å². The molecule has 5 nitrogen and oxygen atoms in total. The average Bonchev–Trinajstić information content (AvgIpc) is 3.21. The molecule has 0 unspecified atom stereocenters. The Morgan fingerprint density at radius 3 is 2.95 bits per heavy atom. The number of hydrogen-bond donors (Lipinski definition) is 1. The number of aromatic nitrogens is 1. The number of urea groups is 1. The summed E-state index contributed by atoms with van der Waals surface area (Å²) in [5.74, 6) is 0.663. The first-order valence-electron chi connectivity index (χ1n) is 6.87. The van der Waals surface area contributed by atoms with Gasteiger partial charge in [-0.3, -0.25) is 0 Å². The van der Waals surface area contributed by atoms with Crippen molar-refractivity contribution < 1.29 is 9.53 Å². The smallest absolute Gasteiger partial charge is 0.322 e. The fourth-order valence-corrected chi connectivity index (χ4v) is 2.78.